The molecule has 0 aromatic heterocycles. The molecule has 1 aromatic rings. The number of unbranched alkanes of at least 4 members (excludes halogenated alkanes) is 2. The number of benzene rings is 1. The highest BCUT2D eigenvalue weighted by Gasteiger charge is 2.27. The molecule has 0 fully saturated rings. The van der Waals surface area contributed by atoms with Crippen LogP contribution in [0.4, 0.5) is 5.69 Å². The Labute approximate surface area is 238 Å². The van der Waals surface area contributed by atoms with Crippen molar-refractivity contribution in [3.8, 4) is 0 Å². The normalized spacial score (nSPS) is 12.7. The number of ether oxygens (including phenoxy) is 1. The molecule has 0 bridgehead atoms. The standard InChI is InChI=1S/C30H48N4O6/c1-8-9-12-24(35)31-18-11-10-13-25(36)34-26(20(2)3)28(38)32-21(4)27(37)33-23-16-14-22(15-17-23)19-40-29(39)30(5,6)7/h14-17,20-21,26H,8-13,18-19H2,1-7H3,(H,31,35)(H,32,38)(H,33,37)(H,34,36). The minimum atomic E-state index is -0.839. The number of hydrogen-bond acceptors (Lipinski definition) is 6. The second kappa shape index (κ2) is 17.3. The van der Waals surface area contributed by atoms with Gasteiger partial charge in [0.05, 0.1) is 5.41 Å². The van der Waals surface area contributed by atoms with Gasteiger partial charge in [-0.2, -0.15) is 0 Å². The van der Waals surface area contributed by atoms with E-state index in [9.17, 15) is 24.0 Å². The van der Waals surface area contributed by atoms with Gasteiger partial charge in [0.2, 0.25) is 23.6 Å². The van der Waals surface area contributed by atoms with Gasteiger partial charge in [-0.25, -0.2) is 0 Å². The van der Waals surface area contributed by atoms with Crippen molar-refractivity contribution in [1.29, 1.82) is 0 Å². The van der Waals surface area contributed by atoms with E-state index < -0.39 is 29.3 Å². The average Bonchev–Trinajstić information content (AvgIpc) is 2.88. The molecule has 0 heterocycles. The second-order valence-corrected chi connectivity index (χ2v) is 11.4. The van der Waals surface area contributed by atoms with E-state index in [-0.39, 0.29) is 36.7 Å². The maximum Gasteiger partial charge on any atom is 0.311 e. The van der Waals surface area contributed by atoms with Crippen molar-refractivity contribution in [2.45, 2.75) is 106 Å². The van der Waals surface area contributed by atoms with Crippen molar-refractivity contribution >= 4 is 35.3 Å². The van der Waals surface area contributed by atoms with E-state index in [0.717, 1.165) is 18.4 Å². The lowest BCUT2D eigenvalue weighted by Gasteiger charge is -2.24. The number of esters is 1. The van der Waals surface area contributed by atoms with Crippen LogP contribution in [-0.4, -0.2) is 48.2 Å². The predicted octanol–water partition coefficient (Wildman–Crippen LogP) is 3.84. The molecular weight excluding hydrogens is 512 g/mol. The fourth-order valence-electron chi connectivity index (χ4n) is 3.51. The van der Waals surface area contributed by atoms with Gasteiger partial charge in [0.25, 0.3) is 0 Å². The lowest BCUT2D eigenvalue weighted by molar-refractivity contribution is -0.154. The molecular formula is C30H48N4O6. The van der Waals surface area contributed by atoms with Gasteiger partial charge >= 0.3 is 5.97 Å². The second-order valence-electron chi connectivity index (χ2n) is 11.4. The Morgan fingerprint density at radius 1 is 0.825 bits per heavy atom. The average molecular weight is 561 g/mol. The number of amides is 4. The minimum Gasteiger partial charge on any atom is -0.460 e. The third kappa shape index (κ3) is 13.6. The molecule has 1 rings (SSSR count). The fourth-order valence-corrected chi connectivity index (χ4v) is 3.51. The van der Waals surface area contributed by atoms with Gasteiger partial charge in [0, 0.05) is 25.1 Å². The Morgan fingerprint density at radius 3 is 2.02 bits per heavy atom. The number of anilines is 1. The molecule has 4 N–H and O–H groups in total. The van der Waals surface area contributed by atoms with E-state index in [1.165, 1.54) is 0 Å². The number of carbonyl (C=O) groups is 5. The molecule has 2 unspecified atom stereocenters. The molecule has 40 heavy (non-hydrogen) atoms. The summed E-state index contributed by atoms with van der Waals surface area (Å²) in [5.74, 6) is -1.56. The largest absolute Gasteiger partial charge is 0.460 e. The van der Waals surface area contributed by atoms with Crippen LogP contribution < -0.4 is 21.3 Å². The summed E-state index contributed by atoms with van der Waals surface area (Å²) in [5, 5.41) is 11.0. The first-order valence-electron chi connectivity index (χ1n) is 14.2. The maximum atomic E-state index is 12.9. The fraction of sp³-hybridized carbons (Fsp3) is 0.633. The molecule has 0 spiro atoms. The highest BCUT2D eigenvalue weighted by atomic mass is 16.5. The van der Waals surface area contributed by atoms with Crippen molar-refractivity contribution in [3.05, 3.63) is 29.8 Å². The molecule has 2 atom stereocenters. The van der Waals surface area contributed by atoms with Crippen molar-refractivity contribution < 1.29 is 28.7 Å². The topological polar surface area (TPSA) is 143 Å². The molecule has 4 amide bonds. The Morgan fingerprint density at radius 2 is 1.45 bits per heavy atom. The van der Waals surface area contributed by atoms with Crippen LogP contribution in [0.2, 0.25) is 0 Å². The van der Waals surface area contributed by atoms with E-state index in [1.807, 2.05) is 20.8 Å². The van der Waals surface area contributed by atoms with Crippen LogP contribution in [0.5, 0.6) is 0 Å². The molecule has 10 nitrogen and oxygen atoms in total. The van der Waals surface area contributed by atoms with E-state index in [4.69, 9.17) is 4.74 Å². The van der Waals surface area contributed by atoms with E-state index in [2.05, 4.69) is 21.3 Å². The lowest BCUT2D eigenvalue weighted by Crippen LogP contribution is -2.53. The van der Waals surface area contributed by atoms with Crippen molar-refractivity contribution in [2.75, 3.05) is 11.9 Å². The minimum absolute atomic E-state index is 0.0249. The van der Waals surface area contributed by atoms with E-state index >= 15 is 0 Å². The first-order chi connectivity index (χ1) is 18.7. The zero-order chi connectivity index (χ0) is 30.3. The molecule has 10 heteroatoms. The maximum absolute atomic E-state index is 12.9. The number of hydrogen-bond donors (Lipinski definition) is 4. The Balaban J connectivity index is 2.49. The monoisotopic (exact) mass is 560 g/mol. The summed E-state index contributed by atoms with van der Waals surface area (Å²) in [6.45, 7) is 13.2. The van der Waals surface area contributed by atoms with Gasteiger partial charge in [0.1, 0.15) is 18.7 Å². The van der Waals surface area contributed by atoms with Crippen LogP contribution in [-0.2, 0) is 35.3 Å². The van der Waals surface area contributed by atoms with Crippen LogP contribution >= 0.6 is 0 Å². The molecule has 0 aliphatic carbocycles. The molecule has 1 aromatic carbocycles. The summed E-state index contributed by atoms with van der Waals surface area (Å²) < 4.78 is 5.30. The van der Waals surface area contributed by atoms with Gasteiger partial charge < -0.3 is 26.0 Å². The quantitative estimate of drug-likeness (QED) is 0.179. The van der Waals surface area contributed by atoms with Crippen molar-refractivity contribution in [2.24, 2.45) is 11.3 Å². The highest BCUT2D eigenvalue weighted by Crippen LogP contribution is 2.17. The summed E-state index contributed by atoms with van der Waals surface area (Å²) in [6.07, 6.45) is 3.84. The summed E-state index contributed by atoms with van der Waals surface area (Å²) in [4.78, 5) is 61.5. The Hall–Kier alpha value is -3.43. The van der Waals surface area contributed by atoms with Crippen LogP contribution in [0.25, 0.3) is 0 Å². The third-order valence-electron chi connectivity index (χ3n) is 6.13. The zero-order valence-electron chi connectivity index (χ0n) is 25.1. The van der Waals surface area contributed by atoms with Gasteiger partial charge in [-0.1, -0.05) is 39.3 Å². The first-order valence-corrected chi connectivity index (χ1v) is 14.2. The molecule has 0 saturated carbocycles. The lowest BCUT2D eigenvalue weighted by atomic mass is 9.97. The summed E-state index contributed by atoms with van der Waals surface area (Å²) >= 11 is 0. The van der Waals surface area contributed by atoms with Gasteiger partial charge in [0.15, 0.2) is 0 Å². The van der Waals surface area contributed by atoms with Crippen LogP contribution in [0.15, 0.2) is 24.3 Å². The Bertz CT molecular complexity index is 985. The predicted molar refractivity (Wildman–Crippen MR) is 155 cm³/mol. The molecule has 0 aliphatic heterocycles. The molecule has 0 radical (unpaired) electrons. The van der Waals surface area contributed by atoms with E-state index in [1.54, 1.807) is 52.0 Å². The Kier molecular flexibility index (Phi) is 15.0. The van der Waals surface area contributed by atoms with Crippen LogP contribution in [0.3, 0.4) is 0 Å². The third-order valence-corrected chi connectivity index (χ3v) is 6.13. The van der Waals surface area contributed by atoms with Gasteiger partial charge in [-0.3, -0.25) is 24.0 Å². The summed E-state index contributed by atoms with van der Waals surface area (Å²) in [5.41, 5.74) is 0.732. The first kappa shape index (κ1) is 34.6. The SMILES string of the molecule is CCCCC(=O)NCCCCC(=O)NC(C(=O)NC(C)C(=O)Nc1ccc(COC(=O)C(C)(C)C)cc1)C(C)C. The smallest absolute Gasteiger partial charge is 0.311 e. The number of nitrogens with one attached hydrogen (secondary N) is 4. The van der Waals surface area contributed by atoms with Crippen LogP contribution in [0.1, 0.15) is 92.6 Å². The van der Waals surface area contributed by atoms with Crippen molar-refractivity contribution in [1.82, 2.24) is 16.0 Å². The number of rotatable bonds is 16. The highest BCUT2D eigenvalue weighted by molar-refractivity contribution is 5.98. The molecule has 0 aliphatic rings. The summed E-state index contributed by atoms with van der Waals surface area (Å²) in [7, 11) is 0. The molecule has 224 valence electrons. The van der Waals surface area contributed by atoms with Gasteiger partial charge in [-0.15, -0.1) is 0 Å². The van der Waals surface area contributed by atoms with Gasteiger partial charge in [-0.05, 0) is 70.6 Å². The molecule has 0 saturated heterocycles. The van der Waals surface area contributed by atoms with Crippen molar-refractivity contribution in [3.63, 3.8) is 0 Å². The van der Waals surface area contributed by atoms with Crippen LogP contribution in [0, 0.1) is 11.3 Å². The number of carbonyl (C=O) groups excluding carboxylic acids is 5. The van der Waals surface area contributed by atoms with E-state index in [0.29, 0.717) is 31.5 Å². The zero-order valence-corrected chi connectivity index (χ0v) is 25.1. The summed E-state index contributed by atoms with van der Waals surface area (Å²) in [6, 6.07) is 5.26.